The van der Waals surface area contributed by atoms with Crippen molar-refractivity contribution in [3.05, 3.63) is 0 Å². The van der Waals surface area contributed by atoms with Gasteiger partial charge >= 0.3 is 5.97 Å². The predicted molar refractivity (Wildman–Crippen MR) is 183 cm³/mol. The molecule has 0 fully saturated rings. The monoisotopic (exact) mass is 692 g/mol. The summed E-state index contributed by atoms with van der Waals surface area (Å²) in [5, 5.41) is 12.9. The fourth-order valence-corrected chi connectivity index (χ4v) is 12.6. The van der Waals surface area contributed by atoms with Gasteiger partial charge in [0.2, 0.25) is 0 Å². The van der Waals surface area contributed by atoms with Crippen molar-refractivity contribution in [2.75, 3.05) is 90.9 Å². The van der Waals surface area contributed by atoms with Gasteiger partial charge in [-0.15, -0.1) is 35.3 Å². The van der Waals surface area contributed by atoms with Crippen LogP contribution < -0.4 is 0 Å². The molecule has 1 N–H and O–H groups in total. The van der Waals surface area contributed by atoms with Crippen LogP contribution in [0.2, 0.25) is 0 Å². The zero-order chi connectivity index (χ0) is 26.5. The van der Waals surface area contributed by atoms with Crippen LogP contribution in [0.15, 0.2) is 0 Å². The van der Waals surface area contributed by atoms with E-state index in [1.165, 1.54) is 23.5 Å². The first-order valence-electron chi connectivity index (χ1n) is 11.4. The molecule has 0 saturated heterocycles. The van der Waals surface area contributed by atoms with Gasteiger partial charge in [-0.2, -0.15) is 58.8 Å². The lowest BCUT2D eigenvalue weighted by atomic mass is 10.5. The highest BCUT2D eigenvalue weighted by atomic mass is 32.2. The van der Waals surface area contributed by atoms with Gasteiger partial charge < -0.3 is 9.84 Å². The Labute approximate surface area is 259 Å². The first kappa shape index (κ1) is 38.4. The summed E-state index contributed by atoms with van der Waals surface area (Å²) >= 11 is 15.7. The van der Waals surface area contributed by atoms with Gasteiger partial charge in [0, 0.05) is 83.6 Å². The molecule has 0 aliphatic carbocycles. The van der Waals surface area contributed by atoms with Gasteiger partial charge in [-0.05, 0) is 18.4 Å². The summed E-state index contributed by atoms with van der Waals surface area (Å²) in [5.74, 6) is 7.95. The highest BCUT2D eigenvalue weighted by molar-refractivity contribution is 8.23. The number of carbonyl (C=O) groups excluding carboxylic acids is 2. The van der Waals surface area contributed by atoms with Crippen molar-refractivity contribution in [1.29, 1.82) is 0 Å². The summed E-state index contributed by atoms with van der Waals surface area (Å²) < 4.78 is 16.9. The Kier molecular flexibility index (Phi) is 34.0. The van der Waals surface area contributed by atoms with Crippen LogP contribution in [0, 0.1) is 0 Å². The molecule has 0 aliphatic rings. The van der Waals surface area contributed by atoms with Crippen molar-refractivity contribution < 1.29 is 23.6 Å². The zero-order valence-corrected chi connectivity index (χ0v) is 29.1. The van der Waals surface area contributed by atoms with Crippen LogP contribution in [0.1, 0.15) is 19.3 Å². The van der Waals surface area contributed by atoms with Gasteiger partial charge in [-0.25, -0.2) is 0 Å². The molecule has 0 aromatic heterocycles. The third-order valence-electron chi connectivity index (χ3n) is 3.77. The molecule has 0 saturated carbocycles. The van der Waals surface area contributed by atoms with E-state index in [2.05, 4.69) is 6.26 Å². The van der Waals surface area contributed by atoms with Crippen molar-refractivity contribution in [1.82, 2.24) is 0 Å². The number of carbonyl (C=O) groups is 2. The number of aliphatic hydroxyl groups is 1. The lowest BCUT2D eigenvalue weighted by Crippen LogP contribution is -2.05. The molecule has 0 spiro atoms. The minimum atomic E-state index is -0.654. The predicted octanol–water partition coefficient (Wildman–Crippen LogP) is 5.98. The molecule has 0 heterocycles. The summed E-state index contributed by atoms with van der Waals surface area (Å²) in [4.78, 5) is 23.5. The van der Waals surface area contributed by atoms with Crippen molar-refractivity contribution in [3.8, 4) is 0 Å². The Bertz CT molecular complexity index is 545. The molecule has 0 aliphatic heterocycles. The first-order valence-corrected chi connectivity index (χ1v) is 23.3. The van der Waals surface area contributed by atoms with Gasteiger partial charge in [0.1, 0.15) is 5.94 Å². The summed E-state index contributed by atoms with van der Waals surface area (Å²) in [6.45, 7) is 0.102. The minimum absolute atomic E-state index is 0.102. The molecule has 5 nitrogen and oxygen atoms in total. The number of ether oxygens (including phenoxy) is 1. The molecule has 0 aromatic carbocycles. The molecule has 0 aromatic rings. The molecule has 15 heteroatoms. The first-order chi connectivity index (χ1) is 17.6. The van der Waals surface area contributed by atoms with E-state index >= 15 is 0 Å². The normalized spacial score (nSPS) is 12.1. The van der Waals surface area contributed by atoms with E-state index in [4.69, 9.17) is 9.84 Å². The molecule has 0 amide bonds. The topological polar surface area (TPSA) is 80.7 Å². The number of rotatable bonds is 28. The lowest BCUT2D eigenvalue weighted by molar-refractivity contribution is -0.140. The van der Waals surface area contributed by atoms with E-state index in [0.717, 1.165) is 72.8 Å². The second-order valence-electron chi connectivity index (χ2n) is 6.69. The maximum absolute atomic E-state index is 12.0. The highest BCUT2D eigenvalue weighted by Crippen LogP contribution is 2.21. The fraction of sp³-hybridized carbons (Fsp3) is 0.905. The van der Waals surface area contributed by atoms with E-state index in [1.807, 2.05) is 58.8 Å². The van der Waals surface area contributed by atoms with Crippen molar-refractivity contribution in [2.24, 2.45) is 0 Å². The zero-order valence-electron chi connectivity index (χ0n) is 20.9. The summed E-state index contributed by atoms with van der Waals surface area (Å²) in [6.07, 6.45) is 4.18. The standard InChI is InChI=1S/C21H40O5S10/c1-27-6-2-13-36(25)14-12-32-19-34-18-31-10-11-35-21(24)4-8-30-17-33-16-29-7-3-20(23)26-15-28-9-5-22/h22H,2-19H2,1H3. The molecule has 0 bridgehead atoms. The van der Waals surface area contributed by atoms with E-state index in [-0.39, 0.29) is 17.7 Å². The summed E-state index contributed by atoms with van der Waals surface area (Å²) in [6, 6.07) is 0. The van der Waals surface area contributed by atoms with E-state index in [0.29, 0.717) is 24.5 Å². The summed E-state index contributed by atoms with van der Waals surface area (Å²) in [5.41, 5.74) is 0. The maximum Gasteiger partial charge on any atom is 0.307 e. The number of hydrogen-bond acceptors (Lipinski definition) is 14. The third kappa shape index (κ3) is 30.9. The molecule has 1 unspecified atom stereocenters. The van der Waals surface area contributed by atoms with Crippen LogP contribution in [0.3, 0.4) is 0 Å². The van der Waals surface area contributed by atoms with Crippen LogP contribution in [-0.4, -0.2) is 111 Å². The van der Waals surface area contributed by atoms with Crippen LogP contribution in [0.5, 0.6) is 0 Å². The van der Waals surface area contributed by atoms with Crippen LogP contribution in [0.25, 0.3) is 0 Å². The maximum atomic E-state index is 12.0. The van der Waals surface area contributed by atoms with E-state index in [1.54, 1.807) is 23.5 Å². The lowest BCUT2D eigenvalue weighted by Gasteiger charge is -2.05. The number of hydrogen-bond donors (Lipinski definition) is 1. The van der Waals surface area contributed by atoms with Gasteiger partial charge in [0.05, 0.1) is 13.0 Å². The average Bonchev–Trinajstić information content (AvgIpc) is 2.86. The van der Waals surface area contributed by atoms with Crippen LogP contribution >= 0.6 is 106 Å². The molecule has 0 rings (SSSR count). The van der Waals surface area contributed by atoms with Crippen molar-refractivity contribution >= 4 is 128 Å². The smallest absolute Gasteiger partial charge is 0.307 e. The van der Waals surface area contributed by atoms with Gasteiger partial charge in [-0.3, -0.25) is 13.8 Å². The van der Waals surface area contributed by atoms with E-state index < -0.39 is 10.8 Å². The largest absolute Gasteiger partial charge is 0.455 e. The minimum Gasteiger partial charge on any atom is -0.455 e. The fourth-order valence-electron chi connectivity index (χ4n) is 2.06. The Morgan fingerprint density at radius 3 is 2.03 bits per heavy atom. The molecule has 214 valence electrons. The van der Waals surface area contributed by atoms with Gasteiger partial charge in [0.25, 0.3) is 0 Å². The summed E-state index contributed by atoms with van der Waals surface area (Å²) in [7, 11) is -0.654. The molecule has 0 radical (unpaired) electrons. The Hall–Kier alpha value is 2.40. The second-order valence-corrected chi connectivity index (χ2v) is 19.4. The number of aliphatic hydroxyl groups excluding tert-OH is 1. The van der Waals surface area contributed by atoms with Gasteiger partial charge in [0.15, 0.2) is 5.12 Å². The Morgan fingerprint density at radius 2 is 1.36 bits per heavy atom. The van der Waals surface area contributed by atoms with E-state index in [9.17, 15) is 13.8 Å². The average molecular weight is 693 g/mol. The van der Waals surface area contributed by atoms with Crippen LogP contribution in [0.4, 0.5) is 0 Å². The highest BCUT2D eigenvalue weighted by Gasteiger charge is 2.05. The molecular formula is C21H40O5S10. The van der Waals surface area contributed by atoms with Crippen LogP contribution in [-0.2, 0) is 25.1 Å². The second kappa shape index (κ2) is 31.9. The van der Waals surface area contributed by atoms with Crippen molar-refractivity contribution in [2.45, 2.75) is 19.3 Å². The Balaban J connectivity index is 3.28. The third-order valence-corrected chi connectivity index (χ3v) is 15.4. The van der Waals surface area contributed by atoms with Crippen molar-refractivity contribution in [3.63, 3.8) is 0 Å². The molecule has 36 heavy (non-hydrogen) atoms. The Morgan fingerprint density at radius 1 is 0.722 bits per heavy atom. The molecular weight excluding hydrogens is 653 g/mol. The number of esters is 1. The molecule has 1 atom stereocenters. The number of thioether (sulfide) groups is 9. The quantitative estimate of drug-likeness (QED) is 0.0593. The van der Waals surface area contributed by atoms with Gasteiger partial charge in [-0.1, -0.05) is 11.8 Å². The SMILES string of the molecule is CSCCCS(=O)CCSCSCSCCSC(=O)CCSCSCSCCC(=O)OCSCCO.